The molecular weight excluding hydrogens is 124 g/mol. The standard InChI is InChI=1S/C8H14N2/c1-7-3-2-4-8(7)10-6-5-9/h7-8,10H,2-4,6H2,1H3. The zero-order valence-electron chi connectivity index (χ0n) is 6.43. The lowest BCUT2D eigenvalue weighted by atomic mass is 10.1. The molecule has 0 aromatic heterocycles. The molecule has 1 fully saturated rings. The molecule has 0 radical (unpaired) electrons. The van der Waals surface area contributed by atoms with Crippen molar-refractivity contribution in [3.8, 4) is 6.07 Å². The summed E-state index contributed by atoms with van der Waals surface area (Å²) < 4.78 is 0. The fourth-order valence-electron chi connectivity index (χ4n) is 1.63. The van der Waals surface area contributed by atoms with E-state index in [2.05, 4.69) is 18.3 Å². The summed E-state index contributed by atoms with van der Waals surface area (Å²) in [4.78, 5) is 0. The Morgan fingerprint density at radius 2 is 2.40 bits per heavy atom. The lowest BCUT2D eigenvalue weighted by Gasteiger charge is -2.14. The minimum absolute atomic E-state index is 0.509. The Morgan fingerprint density at radius 3 is 2.90 bits per heavy atom. The fourth-order valence-corrected chi connectivity index (χ4v) is 1.63. The summed E-state index contributed by atoms with van der Waals surface area (Å²) >= 11 is 0. The van der Waals surface area contributed by atoms with Crippen molar-refractivity contribution < 1.29 is 0 Å². The van der Waals surface area contributed by atoms with Crippen molar-refractivity contribution in [2.24, 2.45) is 5.92 Å². The van der Waals surface area contributed by atoms with Crippen LogP contribution in [0.15, 0.2) is 0 Å². The molecule has 1 saturated carbocycles. The van der Waals surface area contributed by atoms with Gasteiger partial charge in [-0.2, -0.15) is 5.26 Å². The van der Waals surface area contributed by atoms with E-state index in [1.54, 1.807) is 0 Å². The van der Waals surface area contributed by atoms with E-state index in [9.17, 15) is 0 Å². The van der Waals surface area contributed by atoms with Crippen LogP contribution in [-0.4, -0.2) is 12.6 Å². The van der Waals surface area contributed by atoms with Crippen LogP contribution in [0, 0.1) is 17.2 Å². The predicted octanol–water partition coefficient (Wildman–Crippen LogP) is 1.29. The van der Waals surface area contributed by atoms with E-state index < -0.39 is 0 Å². The smallest absolute Gasteiger partial charge is 0.0843 e. The summed E-state index contributed by atoms with van der Waals surface area (Å²) in [6.07, 6.45) is 3.90. The first-order chi connectivity index (χ1) is 4.84. The van der Waals surface area contributed by atoms with Crippen LogP contribution in [0.3, 0.4) is 0 Å². The van der Waals surface area contributed by atoms with Crippen molar-refractivity contribution in [2.45, 2.75) is 32.2 Å². The highest BCUT2D eigenvalue weighted by atomic mass is 14.9. The van der Waals surface area contributed by atoms with Crippen LogP contribution in [0.1, 0.15) is 26.2 Å². The van der Waals surface area contributed by atoms with Crippen molar-refractivity contribution in [3.05, 3.63) is 0 Å². The Kier molecular flexibility index (Phi) is 2.70. The van der Waals surface area contributed by atoms with Crippen molar-refractivity contribution in [1.29, 1.82) is 5.26 Å². The SMILES string of the molecule is CC1CCCC1NCC#N. The van der Waals surface area contributed by atoms with Gasteiger partial charge in [-0.1, -0.05) is 13.3 Å². The molecule has 2 heteroatoms. The quantitative estimate of drug-likeness (QED) is 0.583. The summed E-state index contributed by atoms with van der Waals surface area (Å²) in [7, 11) is 0. The Hall–Kier alpha value is -0.550. The molecule has 0 aromatic carbocycles. The van der Waals surface area contributed by atoms with Crippen LogP contribution < -0.4 is 5.32 Å². The summed E-state index contributed by atoms with van der Waals surface area (Å²) in [5.41, 5.74) is 0. The maximum absolute atomic E-state index is 8.30. The highest BCUT2D eigenvalue weighted by Gasteiger charge is 2.21. The Bertz CT molecular complexity index is 137. The van der Waals surface area contributed by atoms with Crippen molar-refractivity contribution in [3.63, 3.8) is 0 Å². The Labute approximate surface area is 62.2 Å². The van der Waals surface area contributed by atoms with Crippen LogP contribution in [0.5, 0.6) is 0 Å². The molecular formula is C8H14N2. The fraction of sp³-hybridized carbons (Fsp3) is 0.875. The number of nitriles is 1. The third kappa shape index (κ3) is 1.71. The van der Waals surface area contributed by atoms with Gasteiger partial charge in [0.05, 0.1) is 12.6 Å². The Morgan fingerprint density at radius 1 is 1.60 bits per heavy atom. The number of nitrogens with zero attached hydrogens (tertiary/aromatic N) is 1. The van der Waals surface area contributed by atoms with E-state index in [4.69, 9.17) is 5.26 Å². The van der Waals surface area contributed by atoms with Gasteiger partial charge in [-0.25, -0.2) is 0 Å². The van der Waals surface area contributed by atoms with Crippen LogP contribution in [-0.2, 0) is 0 Å². The predicted molar refractivity (Wildman–Crippen MR) is 40.4 cm³/mol. The van der Waals surface area contributed by atoms with E-state index in [1.165, 1.54) is 19.3 Å². The van der Waals surface area contributed by atoms with Crippen molar-refractivity contribution in [2.75, 3.05) is 6.54 Å². The van der Waals surface area contributed by atoms with Crippen molar-refractivity contribution >= 4 is 0 Å². The van der Waals surface area contributed by atoms with Gasteiger partial charge in [0.25, 0.3) is 0 Å². The first-order valence-corrected chi connectivity index (χ1v) is 3.95. The van der Waals surface area contributed by atoms with Gasteiger partial charge >= 0.3 is 0 Å². The molecule has 2 unspecified atom stereocenters. The summed E-state index contributed by atoms with van der Waals surface area (Å²) in [6, 6.07) is 2.71. The summed E-state index contributed by atoms with van der Waals surface area (Å²) in [5.74, 6) is 0.772. The maximum atomic E-state index is 8.30. The molecule has 1 N–H and O–H groups in total. The summed E-state index contributed by atoms with van der Waals surface area (Å²) in [6.45, 7) is 2.76. The molecule has 0 aliphatic heterocycles. The largest absolute Gasteiger partial charge is 0.301 e. The zero-order chi connectivity index (χ0) is 7.40. The second kappa shape index (κ2) is 3.58. The van der Waals surface area contributed by atoms with E-state index in [0.717, 1.165) is 5.92 Å². The maximum Gasteiger partial charge on any atom is 0.0843 e. The van der Waals surface area contributed by atoms with Gasteiger partial charge in [0.1, 0.15) is 0 Å². The van der Waals surface area contributed by atoms with Gasteiger partial charge < -0.3 is 5.32 Å². The minimum Gasteiger partial charge on any atom is -0.301 e. The lowest BCUT2D eigenvalue weighted by Crippen LogP contribution is -2.31. The van der Waals surface area contributed by atoms with Crippen molar-refractivity contribution in [1.82, 2.24) is 5.32 Å². The molecule has 0 amide bonds. The molecule has 0 heterocycles. The average molecular weight is 138 g/mol. The van der Waals surface area contributed by atoms with Gasteiger partial charge in [0.15, 0.2) is 0 Å². The number of hydrogen-bond donors (Lipinski definition) is 1. The molecule has 0 spiro atoms. The normalized spacial score (nSPS) is 32.0. The molecule has 1 rings (SSSR count). The van der Waals surface area contributed by atoms with Gasteiger partial charge in [-0.3, -0.25) is 0 Å². The molecule has 10 heavy (non-hydrogen) atoms. The number of nitrogens with one attached hydrogen (secondary N) is 1. The second-order valence-electron chi connectivity index (χ2n) is 3.05. The summed E-state index contributed by atoms with van der Waals surface area (Å²) in [5, 5.41) is 11.5. The van der Waals surface area contributed by atoms with E-state index in [0.29, 0.717) is 12.6 Å². The van der Waals surface area contributed by atoms with Crippen LogP contribution in [0.4, 0.5) is 0 Å². The van der Waals surface area contributed by atoms with Gasteiger partial charge in [0.2, 0.25) is 0 Å². The van der Waals surface area contributed by atoms with Gasteiger partial charge in [0, 0.05) is 6.04 Å². The molecule has 1 aliphatic carbocycles. The third-order valence-corrected chi connectivity index (χ3v) is 2.30. The van der Waals surface area contributed by atoms with E-state index in [1.807, 2.05) is 0 Å². The molecule has 2 nitrogen and oxygen atoms in total. The van der Waals surface area contributed by atoms with E-state index in [-0.39, 0.29) is 0 Å². The molecule has 0 aromatic rings. The second-order valence-corrected chi connectivity index (χ2v) is 3.05. The minimum atomic E-state index is 0.509. The topological polar surface area (TPSA) is 35.8 Å². The molecule has 1 aliphatic rings. The molecule has 2 atom stereocenters. The van der Waals surface area contributed by atoms with Crippen LogP contribution in [0.2, 0.25) is 0 Å². The number of hydrogen-bond acceptors (Lipinski definition) is 2. The highest BCUT2D eigenvalue weighted by molar-refractivity contribution is 4.84. The first-order valence-electron chi connectivity index (χ1n) is 3.95. The third-order valence-electron chi connectivity index (χ3n) is 2.30. The first kappa shape index (κ1) is 7.56. The van der Waals surface area contributed by atoms with Crippen LogP contribution >= 0.6 is 0 Å². The van der Waals surface area contributed by atoms with Crippen LogP contribution in [0.25, 0.3) is 0 Å². The number of rotatable bonds is 2. The van der Waals surface area contributed by atoms with E-state index >= 15 is 0 Å². The monoisotopic (exact) mass is 138 g/mol. The highest BCUT2D eigenvalue weighted by Crippen LogP contribution is 2.24. The average Bonchev–Trinajstić information content (AvgIpc) is 2.31. The molecule has 0 saturated heterocycles. The molecule has 56 valence electrons. The molecule has 0 bridgehead atoms. The van der Waals surface area contributed by atoms with Gasteiger partial charge in [-0.15, -0.1) is 0 Å². The van der Waals surface area contributed by atoms with Gasteiger partial charge in [-0.05, 0) is 18.8 Å². The zero-order valence-corrected chi connectivity index (χ0v) is 6.43. The lowest BCUT2D eigenvalue weighted by molar-refractivity contribution is 0.446. The Balaban J connectivity index is 2.21.